The summed E-state index contributed by atoms with van der Waals surface area (Å²) < 4.78 is 0. The maximum absolute atomic E-state index is 10.7. The zero-order valence-electron chi connectivity index (χ0n) is 4.56. The van der Waals surface area contributed by atoms with Crippen LogP contribution in [0.1, 0.15) is 19.3 Å². The Kier molecular flexibility index (Phi) is 1.92. The van der Waals surface area contributed by atoms with E-state index in [-0.39, 0.29) is 0 Å². The van der Waals surface area contributed by atoms with Crippen molar-refractivity contribution in [1.82, 2.24) is 0 Å². The van der Waals surface area contributed by atoms with Crippen LogP contribution in [-0.4, -0.2) is 6.10 Å². The van der Waals surface area contributed by atoms with Crippen LogP contribution in [0.25, 0.3) is 0 Å². The van der Waals surface area contributed by atoms with Crippen LogP contribution in [-0.2, 0) is 0 Å². The first-order valence-electron chi connectivity index (χ1n) is 2.82. The van der Waals surface area contributed by atoms with E-state index in [1.165, 1.54) is 0 Å². The van der Waals surface area contributed by atoms with E-state index in [1.54, 1.807) is 0 Å². The third-order valence-corrected chi connectivity index (χ3v) is 1.72. The fourth-order valence-corrected chi connectivity index (χ4v) is 1.03. The van der Waals surface area contributed by atoms with Crippen LogP contribution < -0.4 is 5.11 Å². The summed E-state index contributed by atoms with van der Waals surface area (Å²) in [6.45, 7) is 0. The predicted octanol–water partition coefficient (Wildman–Crippen LogP) is 1.02. The highest BCUT2D eigenvalue weighted by Gasteiger charge is 2.02. The van der Waals surface area contributed by atoms with Gasteiger partial charge < -0.3 is 5.11 Å². The molecule has 46 valence electrons. The van der Waals surface area contributed by atoms with Gasteiger partial charge in [-0.2, -0.15) is 0 Å². The van der Waals surface area contributed by atoms with Gasteiger partial charge in [-0.25, -0.2) is 0 Å². The van der Waals surface area contributed by atoms with Crippen LogP contribution in [0.15, 0.2) is 11.1 Å². The van der Waals surface area contributed by atoms with Gasteiger partial charge in [-0.15, -0.1) is 0 Å². The number of hydrogen-bond donors (Lipinski definition) is 0. The van der Waals surface area contributed by atoms with Crippen molar-refractivity contribution in [2.45, 2.75) is 25.4 Å². The van der Waals surface area contributed by atoms with Gasteiger partial charge in [0.25, 0.3) is 0 Å². The first-order valence-corrected chi connectivity index (χ1v) is 3.20. The normalized spacial score (nSPS) is 29.8. The number of hydrogen-bond acceptors (Lipinski definition) is 1. The standard InChI is InChI=1S/C6H8ClO/c7-5-3-1-2-4-6(5)8/h3,6H,1-2,4H2/q-1. The second kappa shape index (κ2) is 2.51. The van der Waals surface area contributed by atoms with Crippen molar-refractivity contribution in [2.75, 3.05) is 0 Å². The fourth-order valence-electron chi connectivity index (χ4n) is 0.813. The van der Waals surface area contributed by atoms with Crippen LogP contribution in [0, 0.1) is 0 Å². The molecule has 0 aromatic rings. The first kappa shape index (κ1) is 6.12. The van der Waals surface area contributed by atoms with Crippen molar-refractivity contribution in [1.29, 1.82) is 0 Å². The summed E-state index contributed by atoms with van der Waals surface area (Å²) >= 11 is 5.52. The molecular formula is C6H8ClO-. The lowest BCUT2D eigenvalue weighted by Gasteiger charge is -2.24. The number of halogens is 1. The molecule has 1 rings (SSSR count). The van der Waals surface area contributed by atoms with Crippen molar-refractivity contribution in [2.24, 2.45) is 0 Å². The molecule has 0 amide bonds. The second-order valence-electron chi connectivity index (χ2n) is 2.01. The molecule has 0 saturated heterocycles. The molecule has 1 aliphatic rings. The summed E-state index contributed by atoms with van der Waals surface area (Å²) in [5.41, 5.74) is 0. The first-order chi connectivity index (χ1) is 3.80. The summed E-state index contributed by atoms with van der Waals surface area (Å²) in [4.78, 5) is 0. The van der Waals surface area contributed by atoms with Gasteiger partial charge >= 0.3 is 0 Å². The van der Waals surface area contributed by atoms with Gasteiger partial charge in [0.1, 0.15) is 0 Å². The fraction of sp³-hybridized carbons (Fsp3) is 0.667. The van der Waals surface area contributed by atoms with Gasteiger partial charge in [0, 0.05) is 5.03 Å². The van der Waals surface area contributed by atoms with Crippen LogP contribution in [0.4, 0.5) is 0 Å². The average molecular weight is 132 g/mol. The van der Waals surface area contributed by atoms with Gasteiger partial charge in [0.2, 0.25) is 0 Å². The maximum Gasteiger partial charge on any atom is 0.000572 e. The Bertz CT molecular complexity index is 109. The molecular weight excluding hydrogens is 124 g/mol. The molecule has 0 radical (unpaired) electrons. The van der Waals surface area contributed by atoms with E-state index in [1.807, 2.05) is 6.08 Å². The second-order valence-corrected chi connectivity index (χ2v) is 2.44. The summed E-state index contributed by atoms with van der Waals surface area (Å²) in [6.07, 6.45) is 3.91. The molecule has 0 spiro atoms. The Morgan fingerprint density at radius 3 is 2.88 bits per heavy atom. The quantitative estimate of drug-likeness (QED) is 0.482. The minimum atomic E-state index is -0.620. The van der Waals surface area contributed by atoms with Crippen molar-refractivity contribution in [3.05, 3.63) is 11.1 Å². The lowest BCUT2D eigenvalue weighted by atomic mass is 10.1. The summed E-state index contributed by atoms with van der Waals surface area (Å²) in [7, 11) is 0. The summed E-state index contributed by atoms with van der Waals surface area (Å²) in [5.74, 6) is 0. The summed E-state index contributed by atoms with van der Waals surface area (Å²) in [5, 5.41) is 11.2. The topological polar surface area (TPSA) is 23.1 Å². The molecule has 0 bridgehead atoms. The Hall–Kier alpha value is -0.0100. The SMILES string of the molecule is [O-]C1CCCC=C1Cl. The number of allylic oxidation sites excluding steroid dienone is 1. The van der Waals surface area contributed by atoms with Gasteiger partial charge in [0.05, 0.1) is 0 Å². The molecule has 0 aliphatic heterocycles. The third kappa shape index (κ3) is 1.23. The van der Waals surface area contributed by atoms with Crippen molar-refractivity contribution >= 4 is 11.6 Å². The zero-order valence-corrected chi connectivity index (χ0v) is 5.32. The van der Waals surface area contributed by atoms with E-state index in [0.717, 1.165) is 19.3 Å². The largest absolute Gasteiger partial charge is 0.848 e. The molecule has 0 N–H and O–H groups in total. The van der Waals surface area contributed by atoms with Crippen LogP contribution in [0.2, 0.25) is 0 Å². The Labute approximate surface area is 54.0 Å². The maximum atomic E-state index is 10.7. The van der Waals surface area contributed by atoms with Crippen molar-refractivity contribution in [3.63, 3.8) is 0 Å². The van der Waals surface area contributed by atoms with Gasteiger partial charge in [-0.05, 0) is 6.42 Å². The molecule has 1 nitrogen and oxygen atoms in total. The molecule has 2 heteroatoms. The van der Waals surface area contributed by atoms with Crippen molar-refractivity contribution < 1.29 is 5.11 Å². The summed E-state index contributed by atoms with van der Waals surface area (Å²) in [6, 6.07) is 0. The average Bonchev–Trinajstić information content (AvgIpc) is 1.77. The van der Waals surface area contributed by atoms with E-state index in [2.05, 4.69) is 0 Å². The van der Waals surface area contributed by atoms with Gasteiger partial charge in [-0.3, -0.25) is 0 Å². The molecule has 8 heavy (non-hydrogen) atoms. The Morgan fingerprint density at radius 2 is 2.50 bits per heavy atom. The van der Waals surface area contributed by atoms with Crippen LogP contribution in [0.5, 0.6) is 0 Å². The predicted molar refractivity (Wildman–Crippen MR) is 31.6 cm³/mol. The molecule has 1 aliphatic carbocycles. The molecule has 0 heterocycles. The lowest BCUT2D eigenvalue weighted by Crippen LogP contribution is -2.26. The highest BCUT2D eigenvalue weighted by molar-refractivity contribution is 6.30. The van der Waals surface area contributed by atoms with E-state index >= 15 is 0 Å². The molecule has 0 aromatic carbocycles. The zero-order chi connectivity index (χ0) is 5.98. The third-order valence-electron chi connectivity index (χ3n) is 1.32. The van der Waals surface area contributed by atoms with E-state index < -0.39 is 6.10 Å². The highest BCUT2D eigenvalue weighted by atomic mass is 35.5. The van der Waals surface area contributed by atoms with Gasteiger partial charge in [0.15, 0.2) is 0 Å². The van der Waals surface area contributed by atoms with E-state index in [9.17, 15) is 5.11 Å². The van der Waals surface area contributed by atoms with Crippen LogP contribution >= 0.6 is 11.6 Å². The van der Waals surface area contributed by atoms with E-state index in [4.69, 9.17) is 11.6 Å². The molecule has 0 fully saturated rings. The highest BCUT2D eigenvalue weighted by Crippen LogP contribution is 2.18. The minimum Gasteiger partial charge on any atom is -0.848 e. The van der Waals surface area contributed by atoms with Crippen LogP contribution in [0.3, 0.4) is 0 Å². The Morgan fingerprint density at radius 1 is 1.75 bits per heavy atom. The number of rotatable bonds is 0. The molecule has 0 aromatic heterocycles. The lowest BCUT2D eigenvalue weighted by molar-refractivity contribution is -0.406. The van der Waals surface area contributed by atoms with E-state index in [0.29, 0.717) is 5.03 Å². The molecule has 1 unspecified atom stereocenters. The Balaban J connectivity index is 2.53. The monoisotopic (exact) mass is 131 g/mol. The smallest absolute Gasteiger partial charge is 0.000572 e. The van der Waals surface area contributed by atoms with Gasteiger partial charge in [-0.1, -0.05) is 36.6 Å². The molecule has 0 saturated carbocycles. The minimum absolute atomic E-state index is 0.510. The molecule has 1 atom stereocenters. The van der Waals surface area contributed by atoms with Crippen molar-refractivity contribution in [3.8, 4) is 0 Å².